The third-order valence-corrected chi connectivity index (χ3v) is 6.07. The Morgan fingerprint density at radius 1 is 1.14 bits per heavy atom. The van der Waals surface area contributed by atoms with Gasteiger partial charge in [-0.15, -0.1) is 0 Å². The SMILES string of the molecule is Clc1ccc2c(c1)C(CCn1ccnc1)=Cc1cccnc1C2N1CCNCC1. The molecule has 0 amide bonds. The quantitative estimate of drug-likeness (QED) is 0.715. The molecule has 6 heteroatoms. The summed E-state index contributed by atoms with van der Waals surface area (Å²) in [4.78, 5) is 11.6. The van der Waals surface area contributed by atoms with Gasteiger partial charge in [0.05, 0.1) is 18.1 Å². The number of allylic oxidation sites excluding steroid dienone is 1. The second kappa shape index (κ2) is 8.11. The Hall–Kier alpha value is -2.47. The molecule has 2 aliphatic rings. The summed E-state index contributed by atoms with van der Waals surface area (Å²) in [5, 5.41) is 4.24. The molecule has 148 valence electrons. The fourth-order valence-corrected chi connectivity index (χ4v) is 4.60. The van der Waals surface area contributed by atoms with Gasteiger partial charge in [0.25, 0.3) is 0 Å². The van der Waals surface area contributed by atoms with Crippen LogP contribution in [0.25, 0.3) is 11.6 Å². The van der Waals surface area contributed by atoms with Gasteiger partial charge in [0.1, 0.15) is 0 Å². The largest absolute Gasteiger partial charge is 0.337 e. The topological polar surface area (TPSA) is 46.0 Å². The highest BCUT2D eigenvalue weighted by atomic mass is 35.5. The van der Waals surface area contributed by atoms with Gasteiger partial charge < -0.3 is 9.88 Å². The summed E-state index contributed by atoms with van der Waals surface area (Å²) < 4.78 is 2.12. The zero-order valence-corrected chi connectivity index (χ0v) is 17.0. The number of halogens is 1. The van der Waals surface area contributed by atoms with E-state index < -0.39 is 0 Å². The molecule has 0 radical (unpaired) electrons. The standard InChI is InChI=1S/C23H24ClN5/c24-19-3-4-20-21(15-19)17(5-10-28-11-7-26-16-28)14-18-2-1-6-27-22(18)23(20)29-12-8-25-9-13-29/h1-4,6-7,11,14-16,23,25H,5,8-10,12-13H2. The molecule has 3 heterocycles. The lowest BCUT2D eigenvalue weighted by Gasteiger charge is -2.35. The van der Waals surface area contributed by atoms with E-state index in [2.05, 4.69) is 44.0 Å². The highest BCUT2D eigenvalue weighted by Gasteiger charge is 2.31. The Morgan fingerprint density at radius 2 is 2.03 bits per heavy atom. The lowest BCUT2D eigenvalue weighted by atomic mass is 9.92. The minimum absolute atomic E-state index is 0.141. The molecule has 1 aliphatic carbocycles. The molecule has 2 aromatic heterocycles. The van der Waals surface area contributed by atoms with Crippen LogP contribution in [0.15, 0.2) is 55.2 Å². The maximum absolute atomic E-state index is 6.46. The summed E-state index contributed by atoms with van der Waals surface area (Å²) in [6.07, 6.45) is 10.8. The van der Waals surface area contributed by atoms with Crippen molar-refractivity contribution in [1.29, 1.82) is 0 Å². The van der Waals surface area contributed by atoms with Gasteiger partial charge in [-0.25, -0.2) is 4.98 Å². The van der Waals surface area contributed by atoms with Gasteiger partial charge in [-0.3, -0.25) is 9.88 Å². The number of nitrogens with zero attached hydrogens (tertiary/aromatic N) is 4. The minimum atomic E-state index is 0.141. The average molecular weight is 406 g/mol. The van der Waals surface area contributed by atoms with Crippen LogP contribution in [0.1, 0.15) is 34.8 Å². The Bertz CT molecular complexity index is 1020. The van der Waals surface area contributed by atoms with Crippen molar-refractivity contribution >= 4 is 23.3 Å². The molecule has 29 heavy (non-hydrogen) atoms. The van der Waals surface area contributed by atoms with Gasteiger partial charge in [0.15, 0.2) is 0 Å². The van der Waals surface area contributed by atoms with Gasteiger partial charge in [-0.05, 0) is 53.0 Å². The van der Waals surface area contributed by atoms with Crippen molar-refractivity contribution in [1.82, 2.24) is 24.8 Å². The molecule has 5 nitrogen and oxygen atoms in total. The number of rotatable bonds is 4. The first-order valence-electron chi connectivity index (χ1n) is 10.2. The molecule has 3 aromatic rings. The van der Waals surface area contributed by atoms with Crippen LogP contribution in [-0.4, -0.2) is 45.6 Å². The van der Waals surface area contributed by atoms with E-state index >= 15 is 0 Å². The third kappa shape index (κ3) is 3.73. The van der Waals surface area contributed by atoms with Crippen molar-refractivity contribution in [2.75, 3.05) is 26.2 Å². The highest BCUT2D eigenvalue weighted by Crippen LogP contribution is 2.41. The minimum Gasteiger partial charge on any atom is -0.337 e. The monoisotopic (exact) mass is 405 g/mol. The van der Waals surface area contributed by atoms with E-state index in [1.54, 1.807) is 0 Å². The third-order valence-electron chi connectivity index (χ3n) is 5.83. The molecule has 1 unspecified atom stereocenters. The van der Waals surface area contributed by atoms with Crippen molar-refractivity contribution in [3.63, 3.8) is 0 Å². The van der Waals surface area contributed by atoms with Crippen LogP contribution in [0, 0.1) is 0 Å². The predicted molar refractivity (Wildman–Crippen MR) is 117 cm³/mol. The molecule has 0 saturated carbocycles. The Morgan fingerprint density at radius 3 is 2.86 bits per heavy atom. The molecule has 0 bridgehead atoms. The first-order chi connectivity index (χ1) is 14.3. The molecule has 1 atom stereocenters. The summed E-state index contributed by atoms with van der Waals surface area (Å²) >= 11 is 6.46. The second-order valence-corrected chi connectivity index (χ2v) is 8.05. The summed E-state index contributed by atoms with van der Waals surface area (Å²) in [5.41, 5.74) is 6.16. The number of aryl methyl sites for hydroxylation is 1. The number of piperazine rings is 1. The van der Waals surface area contributed by atoms with Crippen LogP contribution < -0.4 is 5.32 Å². The molecule has 0 spiro atoms. The smallest absolute Gasteiger partial charge is 0.0946 e. The summed E-state index contributed by atoms with van der Waals surface area (Å²) in [6, 6.07) is 10.7. The Kier molecular flexibility index (Phi) is 5.19. The van der Waals surface area contributed by atoms with E-state index in [-0.39, 0.29) is 6.04 Å². The maximum atomic E-state index is 6.46. The number of benzene rings is 1. The number of fused-ring (bicyclic) bond motifs is 2. The van der Waals surface area contributed by atoms with Crippen molar-refractivity contribution in [2.45, 2.75) is 19.0 Å². The van der Waals surface area contributed by atoms with Gasteiger partial charge in [0.2, 0.25) is 0 Å². The number of aromatic nitrogens is 3. The summed E-state index contributed by atoms with van der Waals surface area (Å²) in [5.74, 6) is 0. The molecule has 1 fully saturated rings. The van der Waals surface area contributed by atoms with Crippen LogP contribution in [0.2, 0.25) is 5.02 Å². The number of imidazole rings is 1. The van der Waals surface area contributed by atoms with Crippen molar-refractivity contribution < 1.29 is 0 Å². The van der Waals surface area contributed by atoms with Crippen LogP contribution in [0.5, 0.6) is 0 Å². The van der Waals surface area contributed by atoms with E-state index in [1.165, 1.54) is 22.3 Å². The molecule has 5 rings (SSSR count). The van der Waals surface area contributed by atoms with Crippen LogP contribution in [-0.2, 0) is 6.54 Å². The van der Waals surface area contributed by atoms with Gasteiger partial charge in [-0.1, -0.05) is 23.7 Å². The molecular formula is C23H24ClN5. The predicted octanol–water partition coefficient (Wildman–Crippen LogP) is 3.87. The average Bonchev–Trinajstić information content (AvgIpc) is 3.23. The Balaban J connectivity index is 1.62. The normalized spacial score (nSPS) is 19.2. The number of nitrogens with one attached hydrogen (secondary N) is 1. The number of hydrogen-bond donors (Lipinski definition) is 1. The van der Waals surface area contributed by atoms with Gasteiger partial charge in [-0.2, -0.15) is 0 Å². The van der Waals surface area contributed by atoms with E-state index in [9.17, 15) is 0 Å². The van der Waals surface area contributed by atoms with E-state index in [0.717, 1.165) is 49.9 Å². The second-order valence-electron chi connectivity index (χ2n) is 7.62. The van der Waals surface area contributed by atoms with Gasteiger partial charge >= 0.3 is 0 Å². The number of pyridine rings is 1. The zero-order valence-electron chi connectivity index (χ0n) is 16.3. The van der Waals surface area contributed by atoms with E-state index in [0.29, 0.717) is 0 Å². The molecule has 1 N–H and O–H groups in total. The van der Waals surface area contributed by atoms with Crippen molar-refractivity contribution in [3.8, 4) is 0 Å². The highest BCUT2D eigenvalue weighted by molar-refractivity contribution is 6.30. The van der Waals surface area contributed by atoms with Gasteiger partial charge in [0, 0.05) is 56.3 Å². The first-order valence-corrected chi connectivity index (χ1v) is 10.5. The Labute approximate surface area is 176 Å². The van der Waals surface area contributed by atoms with E-state index in [4.69, 9.17) is 16.6 Å². The van der Waals surface area contributed by atoms with Crippen molar-refractivity contribution in [3.05, 3.63) is 82.7 Å². The van der Waals surface area contributed by atoms with Crippen LogP contribution >= 0.6 is 11.6 Å². The summed E-state index contributed by atoms with van der Waals surface area (Å²) in [6.45, 7) is 4.90. The molecule has 1 aromatic carbocycles. The zero-order chi connectivity index (χ0) is 19.6. The fraction of sp³-hybridized carbons (Fsp3) is 0.304. The fourth-order valence-electron chi connectivity index (χ4n) is 4.42. The lowest BCUT2D eigenvalue weighted by Crippen LogP contribution is -2.45. The first kappa shape index (κ1) is 18.6. The molecule has 1 aliphatic heterocycles. The maximum Gasteiger partial charge on any atom is 0.0946 e. The van der Waals surface area contributed by atoms with E-state index in [1.807, 2.05) is 37.1 Å². The molecule has 1 saturated heterocycles. The van der Waals surface area contributed by atoms with Crippen LogP contribution in [0.3, 0.4) is 0 Å². The lowest BCUT2D eigenvalue weighted by molar-refractivity contribution is 0.195. The van der Waals surface area contributed by atoms with Crippen molar-refractivity contribution in [2.24, 2.45) is 0 Å². The summed E-state index contributed by atoms with van der Waals surface area (Å²) in [7, 11) is 0. The molecular weight excluding hydrogens is 382 g/mol. The van der Waals surface area contributed by atoms with Crippen LogP contribution in [0.4, 0.5) is 0 Å². The number of hydrogen-bond acceptors (Lipinski definition) is 4.